The predicted octanol–water partition coefficient (Wildman–Crippen LogP) is 4.41. The molecule has 0 aliphatic carbocycles. The van der Waals surface area contributed by atoms with E-state index in [2.05, 4.69) is 13.2 Å². The van der Waals surface area contributed by atoms with Crippen LogP contribution in [0.3, 0.4) is 0 Å². The third-order valence-corrected chi connectivity index (χ3v) is 9.33. The van der Waals surface area contributed by atoms with Crippen molar-refractivity contribution >= 4 is 57.1 Å². The molecule has 0 aromatic carbocycles. The molecule has 0 aromatic rings. The van der Waals surface area contributed by atoms with E-state index < -0.39 is 15.9 Å². The standard InChI is InChI=1S/C6H8Cl4Te/c1-5(7)3-11(9,10)4-6(2)8/h1-4H2. The van der Waals surface area contributed by atoms with Crippen molar-refractivity contribution in [3.63, 3.8) is 0 Å². The van der Waals surface area contributed by atoms with Crippen LogP contribution < -0.4 is 0 Å². The first-order valence-electron chi connectivity index (χ1n) is 2.68. The third-order valence-electron chi connectivity index (χ3n) is 0.736. The van der Waals surface area contributed by atoms with E-state index in [0.717, 1.165) is 0 Å². The van der Waals surface area contributed by atoms with E-state index in [1.165, 1.54) is 0 Å². The van der Waals surface area contributed by atoms with Crippen LogP contribution in [0, 0.1) is 0 Å². The Labute approximate surface area is 88.4 Å². The SMILES string of the molecule is C=C(Cl)C[Te](Cl)(Cl)CC(=C)Cl. The van der Waals surface area contributed by atoms with E-state index in [1.807, 2.05) is 0 Å². The van der Waals surface area contributed by atoms with Gasteiger partial charge in [0, 0.05) is 0 Å². The zero-order valence-electron chi connectivity index (χ0n) is 5.75. The molecule has 0 saturated heterocycles. The Balaban J connectivity index is 3.99. The van der Waals surface area contributed by atoms with Crippen LogP contribution in [0.25, 0.3) is 0 Å². The van der Waals surface area contributed by atoms with Gasteiger partial charge >= 0.3 is 89.2 Å². The zero-order valence-corrected chi connectivity index (χ0v) is 11.1. The van der Waals surface area contributed by atoms with Gasteiger partial charge in [-0.1, -0.05) is 0 Å². The quantitative estimate of drug-likeness (QED) is 0.660. The van der Waals surface area contributed by atoms with Gasteiger partial charge < -0.3 is 0 Å². The Kier molecular flexibility index (Phi) is 5.90. The molecule has 0 saturated carbocycles. The Hall–Kier alpha value is 1.43. The topological polar surface area (TPSA) is 0 Å². The zero-order chi connectivity index (χ0) is 9.07. The molecule has 0 spiro atoms. The van der Waals surface area contributed by atoms with E-state index in [1.54, 1.807) is 0 Å². The number of halogens is 4. The summed E-state index contributed by atoms with van der Waals surface area (Å²) in [6.45, 7) is 7.04. The number of hydrogen-bond donors (Lipinski definition) is 0. The molecule has 0 unspecified atom stereocenters. The monoisotopic (exact) mass is 350 g/mol. The van der Waals surface area contributed by atoms with Gasteiger partial charge in [0.05, 0.1) is 0 Å². The Morgan fingerprint density at radius 1 is 1.00 bits per heavy atom. The second-order valence-corrected chi connectivity index (χ2v) is 17.7. The van der Waals surface area contributed by atoms with E-state index in [4.69, 9.17) is 41.1 Å². The molecule has 0 heterocycles. The molecule has 0 radical (unpaired) electrons. The molecule has 0 fully saturated rings. The van der Waals surface area contributed by atoms with Crippen LogP contribution in [0.1, 0.15) is 0 Å². The summed E-state index contributed by atoms with van der Waals surface area (Å²) in [7, 11) is 12.0. The molecule has 0 aliphatic heterocycles. The van der Waals surface area contributed by atoms with E-state index in [0.29, 0.717) is 19.0 Å². The summed E-state index contributed by atoms with van der Waals surface area (Å²) in [5, 5.41) is 0.989. The second kappa shape index (κ2) is 5.22. The fourth-order valence-corrected chi connectivity index (χ4v) is 10.9. The summed E-state index contributed by atoms with van der Waals surface area (Å²) in [5.41, 5.74) is 0. The number of hydrogen-bond acceptors (Lipinski definition) is 0. The predicted molar refractivity (Wildman–Crippen MR) is 57.1 cm³/mol. The molecule has 66 valence electrons. The van der Waals surface area contributed by atoms with Crippen molar-refractivity contribution in [2.75, 3.05) is 0 Å². The minimum atomic E-state index is -2.85. The summed E-state index contributed by atoms with van der Waals surface area (Å²) in [4.78, 5) is 0. The van der Waals surface area contributed by atoms with Gasteiger partial charge in [-0.05, 0) is 0 Å². The third kappa shape index (κ3) is 7.78. The van der Waals surface area contributed by atoms with Crippen LogP contribution in [0.2, 0.25) is 8.94 Å². The molecule has 11 heavy (non-hydrogen) atoms. The van der Waals surface area contributed by atoms with Crippen LogP contribution >= 0.6 is 41.1 Å². The normalized spacial score (nSPS) is 12.7. The summed E-state index contributed by atoms with van der Waals surface area (Å²) in [6.07, 6.45) is 0. The van der Waals surface area contributed by atoms with Crippen LogP contribution in [0.15, 0.2) is 23.2 Å². The molecule has 0 atom stereocenters. The Morgan fingerprint density at radius 2 is 1.27 bits per heavy atom. The molecule has 5 heteroatoms. The van der Waals surface area contributed by atoms with E-state index in [-0.39, 0.29) is 0 Å². The van der Waals surface area contributed by atoms with E-state index in [9.17, 15) is 0 Å². The fraction of sp³-hybridized carbons (Fsp3) is 0.333. The van der Waals surface area contributed by atoms with Gasteiger partial charge in [-0.15, -0.1) is 0 Å². The molecule has 0 aromatic heterocycles. The summed E-state index contributed by atoms with van der Waals surface area (Å²) in [6, 6.07) is 0. The van der Waals surface area contributed by atoms with Crippen molar-refractivity contribution in [1.29, 1.82) is 0 Å². The molecule has 0 rings (SSSR count). The summed E-state index contributed by atoms with van der Waals surface area (Å²) in [5.74, 6) is 0. The molecule has 0 aliphatic rings. The summed E-state index contributed by atoms with van der Waals surface area (Å²) >= 11 is 8.26. The maximum atomic E-state index is 5.99. The first kappa shape index (κ1) is 12.4. The Bertz CT molecular complexity index is 157. The van der Waals surface area contributed by atoms with Crippen LogP contribution in [-0.2, 0) is 0 Å². The van der Waals surface area contributed by atoms with Crippen molar-refractivity contribution < 1.29 is 0 Å². The van der Waals surface area contributed by atoms with Gasteiger partial charge in [0.1, 0.15) is 0 Å². The summed E-state index contributed by atoms with van der Waals surface area (Å²) < 4.78 is 0.998. The average Bonchev–Trinajstić information content (AvgIpc) is 1.53. The van der Waals surface area contributed by atoms with Gasteiger partial charge in [0.2, 0.25) is 0 Å². The van der Waals surface area contributed by atoms with Crippen molar-refractivity contribution in [2.24, 2.45) is 0 Å². The molecule has 0 N–H and O–H groups in total. The van der Waals surface area contributed by atoms with Gasteiger partial charge in [-0.25, -0.2) is 0 Å². The Morgan fingerprint density at radius 3 is 1.45 bits per heavy atom. The molecular formula is C6H8Cl4Te. The number of rotatable bonds is 4. The van der Waals surface area contributed by atoms with E-state index >= 15 is 0 Å². The first-order chi connectivity index (χ1) is 4.83. The van der Waals surface area contributed by atoms with Crippen LogP contribution in [0.4, 0.5) is 0 Å². The van der Waals surface area contributed by atoms with Gasteiger partial charge in [0.15, 0.2) is 0 Å². The van der Waals surface area contributed by atoms with Crippen molar-refractivity contribution in [1.82, 2.24) is 0 Å². The number of allylic oxidation sites excluding steroid dienone is 2. The second-order valence-electron chi connectivity index (χ2n) is 2.02. The van der Waals surface area contributed by atoms with Gasteiger partial charge in [-0.2, -0.15) is 0 Å². The van der Waals surface area contributed by atoms with Crippen molar-refractivity contribution in [3.05, 3.63) is 23.2 Å². The molecular weight excluding hydrogens is 341 g/mol. The first-order valence-corrected chi connectivity index (χ1v) is 12.6. The van der Waals surface area contributed by atoms with Crippen LogP contribution in [0.5, 0.6) is 0 Å². The van der Waals surface area contributed by atoms with Crippen molar-refractivity contribution in [2.45, 2.75) is 8.94 Å². The molecule has 0 nitrogen and oxygen atoms in total. The minimum absolute atomic E-state index is 0.495. The van der Waals surface area contributed by atoms with Gasteiger partial charge in [0.25, 0.3) is 0 Å². The van der Waals surface area contributed by atoms with Crippen LogP contribution in [-0.4, -0.2) is 15.9 Å². The average molecular weight is 350 g/mol. The molecule has 0 bridgehead atoms. The maximum absolute atomic E-state index is 5.99. The van der Waals surface area contributed by atoms with Gasteiger partial charge in [-0.3, -0.25) is 0 Å². The fourth-order valence-electron chi connectivity index (χ4n) is 0.509. The van der Waals surface area contributed by atoms with Crippen molar-refractivity contribution in [3.8, 4) is 0 Å². The molecule has 0 amide bonds.